The quantitative estimate of drug-likeness (QED) is 0.920. The Morgan fingerprint density at radius 2 is 1.84 bits per heavy atom. The maximum atomic E-state index is 13.0. The fraction of sp³-hybridized carbons (Fsp3) is 0.231. The second-order valence-electron chi connectivity index (χ2n) is 4.00. The largest absolute Gasteiger partial charge is 0.480 e. The molecule has 0 saturated carbocycles. The zero-order chi connectivity index (χ0) is 13.8. The minimum atomic E-state index is -0.986. The van der Waals surface area contributed by atoms with Gasteiger partial charge < -0.3 is 9.84 Å². The lowest BCUT2D eigenvalue weighted by atomic mass is 10.1. The zero-order valence-corrected chi connectivity index (χ0v) is 10.2. The molecule has 19 heavy (non-hydrogen) atoms. The molecule has 2 rings (SSSR count). The highest BCUT2D eigenvalue weighted by atomic mass is 19.1. The minimum Gasteiger partial charge on any atom is -0.480 e. The van der Waals surface area contributed by atoms with Crippen molar-refractivity contribution in [2.75, 3.05) is 7.11 Å². The summed E-state index contributed by atoms with van der Waals surface area (Å²) in [5.74, 6) is -1.03. The van der Waals surface area contributed by atoms with Crippen LogP contribution < -0.4 is 4.74 Å². The first-order valence-electron chi connectivity index (χ1n) is 5.59. The molecule has 2 aromatic rings. The van der Waals surface area contributed by atoms with Gasteiger partial charge in [0.05, 0.1) is 12.8 Å². The predicted octanol–water partition coefficient (Wildman–Crippen LogP) is 2.04. The number of halogens is 2. The highest BCUT2D eigenvalue weighted by molar-refractivity contribution is 5.21. The normalized spacial score (nSPS) is 12.2. The van der Waals surface area contributed by atoms with Crippen LogP contribution in [0.2, 0.25) is 0 Å². The van der Waals surface area contributed by atoms with Crippen molar-refractivity contribution in [2.24, 2.45) is 0 Å². The van der Waals surface area contributed by atoms with E-state index in [0.717, 1.165) is 6.07 Å². The minimum absolute atomic E-state index is 0.0513. The second-order valence-corrected chi connectivity index (χ2v) is 4.00. The molecule has 0 amide bonds. The summed E-state index contributed by atoms with van der Waals surface area (Å²) in [5.41, 5.74) is 0.660. The van der Waals surface area contributed by atoms with Gasteiger partial charge in [0.2, 0.25) is 5.88 Å². The number of ether oxygens (including phenoxy) is 1. The van der Waals surface area contributed by atoms with E-state index < -0.39 is 17.7 Å². The van der Waals surface area contributed by atoms with Crippen LogP contribution in [0.4, 0.5) is 8.78 Å². The van der Waals surface area contributed by atoms with Crippen molar-refractivity contribution < 1.29 is 18.6 Å². The van der Waals surface area contributed by atoms with Crippen molar-refractivity contribution >= 4 is 0 Å². The number of hydrogen-bond donors (Lipinski definition) is 1. The summed E-state index contributed by atoms with van der Waals surface area (Å²) in [6.07, 6.45) is -0.935. The van der Waals surface area contributed by atoms with E-state index in [-0.39, 0.29) is 6.42 Å². The molecule has 1 heterocycles. The van der Waals surface area contributed by atoms with E-state index in [4.69, 9.17) is 4.74 Å². The van der Waals surface area contributed by atoms with Crippen LogP contribution >= 0.6 is 0 Å². The summed E-state index contributed by atoms with van der Waals surface area (Å²) in [7, 11) is 1.45. The van der Waals surface area contributed by atoms with E-state index >= 15 is 0 Å². The van der Waals surface area contributed by atoms with Crippen LogP contribution in [-0.2, 0) is 6.42 Å². The van der Waals surface area contributed by atoms with E-state index in [0.29, 0.717) is 17.1 Å². The zero-order valence-electron chi connectivity index (χ0n) is 10.2. The molecule has 0 aliphatic rings. The molecule has 0 spiro atoms. The number of aromatic nitrogens is 2. The molecule has 4 nitrogen and oxygen atoms in total. The molecule has 6 heteroatoms. The molecule has 100 valence electrons. The Bertz CT molecular complexity index is 541. The Morgan fingerprint density at radius 3 is 2.37 bits per heavy atom. The summed E-state index contributed by atoms with van der Waals surface area (Å²) in [6.45, 7) is 0. The predicted molar refractivity (Wildman–Crippen MR) is 63.6 cm³/mol. The van der Waals surface area contributed by atoms with Gasteiger partial charge in [-0.25, -0.2) is 8.78 Å². The second kappa shape index (κ2) is 5.71. The topological polar surface area (TPSA) is 55.2 Å². The van der Waals surface area contributed by atoms with Crippen LogP contribution in [0.5, 0.6) is 5.88 Å². The van der Waals surface area contributed by atoms with Gasteiger partial charge in [-0.05, 0) is 23.8 Å². The maximum Gasteiger partial charge on any atom is 0.233 e. The van der Waals surface area contributed by atoms with Crippen LogP contribution in [0.3, 0.4) is 0 Å². The van der Waals surface area contributed by atoms with Crippen LogP contribution in [0, 0.1) is 11.6 Å². The number of methoxy groups -OCH3 is 1. The number of benzene rings is 1. The Balaban J connectivity index is 2.13. The number of aliphatic hydroxyl groups excluding tert-OH is 1. The molecule has 1 unspecified atom stereocenters. The third-order valence-electron chi connectivity index (χ3n) is 2.56. The standard InChI is InChI=1S/C13H12F2N2O2/c1-19-13-3-2-11(16-17-13)12(18)6-8-4-9(14)7-10(15)5-8/h2-5,7,12,18H,6H2,1H3. The van der Waals surface area contributed by atoms with Gasteiger partial charge in [-0.3, -0.25) is 0 Å². The van der Waals surface area contributed by atoms with Gasteiger partial charge in [0.25, 0.3) is 0 Å². The molecular formula is C13H12F2N2O2. The van der Waals surface area contributed by atoms with E-state index in [1.165, 1.54) is 19.2 Å². The van der Waals surface area contributed by atoms with Gasteiger partial charge in [-0.15, -0.1) is 10.2 Å². The fourth-order valence-electron chi connectivity index (χ4n) is 1.67. The molecule has 0 fully saturated rings. The van der Waals surface area contributed by atoms with Crippen LogP contribution in [0.15, 0.2) is 30.3 Å². The lowest BCUT2D eigenvalue weighted by Gasteiger charge is -2.10. The van der Waals surface area contributed by atoms with Gasteiger partial charge >= 0.3 is 0 Å². The van der Waals surface area contributed by atoms with E-state index in [9.17, 15) is 13.9 Å². The number of aliphatic hydroxyl groups is 1. The molecular weight excluding hydrogens is 254 g/mol. The number of rotatable bonds is 4. The monoisotopic (exact) mass is 266 g/mol. The molecule has 0 saturated heterocycles. The third kappa shape index (κ3) is 3.45. The van der Waals surface area contributed by atoms with Gasteiger partial charge in [-0.1, -0.05) is 0 Å². The first kappa shape index (κ1) is 13.4. The first-order valence-corrected chi connectivity index (χ1v) is 5.59. The molecule has 1 aromatic heterocycles. The SMILES string of the molecule is COc1ccc(C(O)Cc2cc(F)cc(F)c2)nn1. The van der Waals surface area contributed by atoms with Gasteiger partial charge in [0, 0.05) is 18.6 Å². The molecule has 0 radical (unpaired) electrons. The maximum absolute atomic E-state index is 13.0. The molecule has 1 atom stereocenters. The van der Waals surface area contributed by atoms with Crippen molar-refractivity contribution in [1.82, 2.24) is 10.2 Å². The summed E-state index contributed by atoms with van der Waals surface area (Å²) in [5, 5.41) is 17.4. The molecule has 1 N–H and O–H groups in total. The van der Waals surface area contributed by atoms with Crippen LogP contribution in [0.25, 0.3) is 0 Å². The number of hydrogen-bond acceptors (Lipinski definition) is 4. The summed E-state index contributed by atoms with van der Waals surface area (Å²) < 4.78 is 30.9. The first-order chi connectivity index (χ1) is 9.08. The van der Waals surface area contributed by atoms with Gasteiger partial charge in [-0.2, -0.15) is 0 Å². The van der Waals surface area contributed by atoms with E-state index in [2.05, 4.69) is 10.2 Å². The van der Waals surface area contributed by atoms with Crippen LogP contribution in [0.1, 0.15) is 17.4 Å². The molecule has 0 aliphatic carbocycles. The van der Waals surface area contributed by atoms with Crippen LogP contribution in [-0.4, -0.2) is 22.4 Å². The third-order valence-corrected chi connectivity index (χ3v) is 2.56. The lowest BCUT2D eigenvalue weighted by Crippen LogP contribution is -2.06. The lowest BCUT2D eigenvalue weighted by molar-refractivity contribution is 0.171. The summed E-state index contributed by atoms with van der Waals surface area (Å²) >= 11 is 0. The average molecular weight is 266 g/mol. The molecule has 1 aromatic carbocycles. The van der Waals surface area contributed by atoms with Crippen molar-refractivity contribution in [3.63, 3.8) is 0 Å². The highest BCUT2D eigenvalue weighted by Crippen LogP contribution is 2.18. The highest BCUT2D eigenvalue weighted by Gasteiger charge is 2.12. The van der Waals surface area contributed by atoms with Crippen molar-refractivity contribution in [3.8, 4) is 5.88 Å². The molecule has 0 bridgehead atoms. The Hall–Kier alpha value is -2.08. The summed E-state index contributed by atoms with van der Waals surface area (Å²) in [4.78, 5) is 0. The van der Waals surface area contributed by atoms with E-state index in [1.807, 2.05) is 0 Å². The average Bonchev–Trinajstić information content (AvgIpc) is 2.37. The fourth-order valence-corrected chi connectivity index (χ4v) is 1.67. The van der Waals surface area contributed by atoms with Crippen molar-refractivity contribution in [1.29, 1.82) is 0 Å². The van der Waals surface area contributed by atoms with E-state index in [1.54, 1.807) is 12.1 Å². The van der Waals surface area contributed by atoms with Gasteiger partial charge in [0.15, 0.2) is 0 Å². The molecule has 0 aliphatic heterocycles. The van der Waals surface area contributed by atoms with Gasteiger partial charge in [0.1, 0.15) is 17.7 Å². The smallest absolute Gasteiger partial charge is 0.233 e. The van der Waals surface area contributed by atoms with Crippen molar-refractivity contribution in [2.45, 2.75) is 12.5 Å². The Kier molecular flexibility index (Phi) is 4.01. The number of nitrogens with zero attached hydrogens (tertiary/aromatic N) is 2. The Labute approximate surface area is 108 Å². The van der Waals surface area contributed by atoms with Crippen molar-refractivity contribution in [3.05, 3.63) is 53.2 Å². The Morgan fingerprint density at radius 1 is 1.16 bits per heavy atom. The summed E-state index contributed by atoms with van der Waals surface area (Å²) in [6, 6.07) is 6.22.